The standard InChI is InChI=1S/C18H25FN4O.ClH/c1-13(20-2)9-17-21-18(24-22-17)15-6-4-8-23(12-15)11-14-5-3-7-16(19)10-14;/h3,5,7,10,13,15,20H,4,6,8-9,11-12H2,1-2H3;1H. The van der Waals surface area contributed by atoms with Crippen LogP contribution in [0.5, 0.6) is 0 Å². The summed E-state index contributed by atoms with van der Waals surface area (Å²) in [5.74, 6) is 1.58. The second kappa shape index (κ2) is 9.27. The third kappa shape index (κ3) is 5.49. The molecule has 2 aromatic rings. The van der Waals surface area contributed by atoms with Crippen molar-refractivity contribution in [3.05, 3.63) is 47.4 Å². The molecule has 1 aromatic heterocycles. The zero-order chi connectivity index (χ0) is 16.9. The summed E-state index contributed by atoms with van der Waals surface area (Å²) < 4.78 is 18.8. The molecule has 1 aromatic carbocycles. The first-order valence-corrected chi connectivity index (χ1v) is 8.60. The van der Waals surface area contributed by atoms with E-state index in [4.69, 9.17) is 4.52 Å². The molecule has 7 heteroatoms. The summed E-state index contributed by atoms with van der Waals surface area (Å²) in [6, 6.07) is 7.14. The second-order valence-electron chi connectivity index (χ2n) is 6.65. The van der Waals surface area contributed by atoms with Crippen molar-refractivity contribution in [2.24, 2.45) is 0 Å². The van der Waals surface area contributed by atoms with Gasteiger partial charge in [0.15, 0.2) is 5.82 Å². The summed E-state index contributed by atoms with van der Waals surface area (Å²) in [6.07, 6.45) is 2.91. The van der Waals surface area contributed by atoms with Crippen LogP contribution in [0.1, 0.15) is 43.0 Å². The molecule has 2 unspecified atom stereocenters. The third-order valence-electron chi connectivity index (χ3n) is 4.62. The lowest BCUT2D eigenvalue weighted by Gasteiger charge is -2.30. The highest BCUT2D eigenvalue weighted by Gasteiger charge is 2.26. The van der Waals surface area contributed by atoms with E-state index in [-0.39, 0.29) is 24.1 Å². The van der Waals surface area contributed by atoms with E-state index in [0.717, 1.165) is 56.2 Å². The number of halogens is 2. The molecule has 25 heavy (non-hydrogen) atoms. The minimum atomic E-state index is -0.179. The van der Waals surface area contributed by atoms with Gasteiger partial charge < -0.3 is 9.84 Å². The molecule has 1 N–H and O–H groups in total. The molecule has 0 bridgehead atoms. The number of hydrogen-bond acceptors (Lipinski definition) is 5. The number of likely N-dealkylation sites (tertiary alicyclic amines) is 1. The van der Waals surface area contributed by atoms with E-state index in [1.165, 1.54) is 6.07 Å². The van der Waals surface area contributed by atoms with Crippen LogP contribution in [-0.4, -0.2) is 41.2 Å². The van der Waals surface area contributed by atoms with Crippen molar-refractivity contribution in [2.75, 3.05) is 20.1 Å². The summed E-state index contributed by atoms with van der Waals surface area (Å²) in [5.41, 5.74) is 1.00. The van der Waals surface area contributed by atoms with Gasteiger partial charge in [-0.1, -0.05) is 17.3 Å². The zero-order valence-corrected chi connectivity index (χ0v) is 15.6. The molecule has 1 saturated heterocycles. The smallest absolute Gasteiger partial charge is 0.231 e. The number of nitrogens with zero attached hydrogens (tertiary/aromatic N) is 3. The number of rotatable bonds is 6. The van der Waals surface area contributed by atoms with E-state index < -0.39 is 0 Å². The lowest BCUT2D eigenvalue weighted by atomic mass is 9.97. The van der Waals surface area contributed by atoms with Crippen LogP contribution in [-0.2, 0) is 13.0 Å². The van der Waals surface area contributed by atoms with Crippen LogP contribution >= 0.6 is 12.4 Å². The van der Waals surface area contributed by atoms with Crippen molar-refractivity contribution in [3.8, 4) is 0 Å². The van der Waals surface area contributed by atoms with Gasteiger partial charge in [0.25, 0.3) is 0 Å². The van der Waals surface area contributed by atoms with Gasteiger partial charge in [0, 0.05) is 25.6 Å². The fraction of sp³-hybridized carbons (Fsp3) is 0.556. The predicted molar refractivity (Wildman–Crippen MR) is 97.4 cm³/mol. The van der Waals surface area contributed by atoms with E-state index in [2.05, 4.69) is 27.3 Å². The Morgan fingerprint density at radius 1 is 1.44 bits per heavy atom. The van der Waals surface area contributed by atoms with Crippen molar-refractivity contribution >= 4 is 12.4 Å². The average molecular weight is 369 g/mol. The summed E-state index contributed by atoms with van der Waals surface area (Å²) in [7, 11) is 1.93. The maximum absolute atomic E-state index is 13.3. The van der Waals surface area contributed by atoms with E-state index in [9.17, 15) is 4.39 Å². The Labute approximate surface area is 154 Å². The maximum atomic E-state index is 13.3. The molecule has 1 fully saturated rings. The summed E-state index contributed by atoms with van der Waals surface area (Å²) in [6.45, 7) is 4.74. The largest absolute Gasteiger partial charge is 0.339 e. The normalized spacial score (nSPS) is 19.4. The highest BCUT2D eigenvalue weighted by molar-refractivity contribution is 5.85. The van der Waals surface area contributed by atoms with Crippen molar-refractivity contribution in [2.45, 2.75) is 44.7 Å². The van der Waals surface area contributed by atoms with Crippen LogP contribution in [0, 0.1) is 5.82 Å². The van der Waals surface area contributed by atoms with Gasteiger partial charge in [-0.2, -0.15) is 4.98 Å². The average Bonchev–Trinajstić information content (AvgIpc) is 3.03. The van der Waals surface area contributed by atoms with Gasteiger partial charge >= 0.3 is 0 Å². The molecule has 3 rings (SSSR count). The van der Waals surface area contributed by atoms with Crippen LogP contribution in [0.2, 0.25) is 0 Å². The molecule has 138 valence electrons. The number of hydrogen-bond donors (Lipinski definition) is 1. The molecule has 2 atom stereocenters. The first-order chi connectivity index (χ1) is 11.6. The summed E-state index contributed by atoms with van der Waals surface area (Å²) in [4.78, 5) is 6.91. The number of benzene rings is 1. The van der Waals surface area contributed by atoms with Gasteiger partial charge in [0.05, 0.1) is 5.92 Å². The molecule has 0 saturated carbocycles. The van der Waals surface area contributed by atoms with Gasteiger partial charge in [-0.05, 0) is 51.1 Å². The molecule has 0 amide bonds. The third-order valence-corrected chi connectivity index (χ3v) is 4.62. The Kier molecular flexibility index (Phi) is 7.35. The highest BCUT2D eigenvalue weighted by atomic mass is 35.5. The van der Waals surface area contributed by atoms with Gasteiger partial charge in [-0.3, -0.25) is 4.90 Å². The SMILES string of the molecule is CNC(C)Cc1noc(C2CCCN(Cc3cccc(F)c3)C2)n1.Cl. The van der Waals surface area contributed by atoms with Gasteiger partial charge in [0.1, 0.15) is 5.82 Å². The minimum Gasteiger partial charge on any atom is -0.339 e. The highest BCUT2D eigenvalue weighted by Crippen LogP contribution is 2.26. The van der Waals surface area contributed by atoms with Crippen molar-refractivity contribution in [3.63, 3.8) is 0 Å². The second-order valence-corrected chi connectivity index (χ2v) is 6.65. The Morgan fingerprint density at radius 2 is 2.28 bits per heavy atom. The van der Waals surface area contributed by atoms with E-state index in [1.807, 2.05) is 13.1 Å². The van der Waals surface area contributed by atoms with E-state index >= 15 is 0 Å². The lowest BCUT2D eigenvalue weighted by Crippen LogP contribution is -2.34. The number of likely N-dealkylation sites (N-methyl/N-ethyl adjacent to an activating group) is 1. The molecule has 0 radical (unpaired) electrons. The van der Waals surface area contributed by atoms with Gasteiger partial charge in [-0.15, -0.1) is 12.4 Å². The summed E-state index contributed by atoms with van der Waals surface area (Å²) >= 11 is 0. The van der Waals surface area contributed by atoms with Crippen molar-refractivity contribution < 1.29 is 8.91 Å². The Bertz CT molecular complexity index is 666. The van der Waals surface area contributed by atoms with Crippen LogP contribution in [0.25, 0.3) is 0 Å². The molecular weight excluding hydrogens is 343 g/mol. The predicted octanol–water partition coefficient (Wildman–Crippen LogP) is 3.16. The first kappa shape index (κ1) is 19.8. The van der Waals surface area contributed by atoms with Gasteiger partial charge in [-0.25, -0.2) is 4.39 Å². The number of nitrogens with one attached hydrogen (secondary N) is 1. The van der Waals surface area contributed by atoms with Crippen LogP contribution in [0.3, 0.4) is 0 Å². The molecule has 1 aliphatic heterocycles. The minimum absolute atomic E-state index is 0. The first-order valence-electron chi connectivity index (χ1n) is 8.60. The number of piperidine rings is 1. The molecule has 0 aliphatic carbocycles. The summed E-state index contributed by atoms with van der Waals surface area (Å²) in [5, 5.41) is 7.29. The van der Waals surface area contributed by atoms with Crippen LogP contribution in [0.15, 0.2) is 28.8 Å². The monoisotopic (exact) mass is 368 g/mol. The van der Waals surface area contributed by atoms with Crippen LogP contribution < -0.4 is 5.32 Å². The molecular formula is C18H26ClFN4O. The van der Waals surface area contributed by atoms with Crippen LogP contribution in [0.4, 0.5) is 4.39 Å². The zero-order valence-electron chi connectivity index (χ0n) is 14.7. The molecule has 1 aliphatic rings. The fourth-order valence-electron chi connectivity index (χ4n) is 3.19. The Balaban J connectivity index is 0.00000225. The molecule has 0 spiro atoms. The lowest BCUT2D eigenvalue weighted by molar-refractivity contribution is 0.180. The number of aromatic nitrogens is 2. The Hall–Kier alpha value is -1.50. The van der Waals surface area contributed by atoms with Crippen molar-refractivity contribution in [1.29, 1.82) is 0 Å². The topological polar surface area (TPSA) is 54.2 Å². The quantitative estimate of drug-likeness (QED) is 0.848. The van der Waals surface area contributed by atoms with E-state index in [1.54, 1.807) is 12.1 Å². The molecule has 5 nitrogen and oxygen atoms in total. The van der Waals surface area contributed by atoms with Crippen molar-refractivity contribution in [1.82, 2.24) is 20.4 Å². The fourth-order valence-corrected chi connectivity index (χ4v) is 3.19. The van der Waals surface area contributed by atoms with E-state index in [0.29, 0.717) is 6.04 Å². The van der Waals surface area contributed by atoms with Gasteiger partial charge in [0.2, 0.25) is 5.89 Å². The molecule has 2 heterocycles. The Morgan fingerprint density at radius 3 is 3.04 bits per heavy atom. The maximum Gasteiger partial charge on any atom is 0.231 e.